The average Bonchev–Trinajstić information content (AvgIpc) is 3.05. The monoisotopic (exact) mass is 287 g/mol. The summed E-state index contributed by atoms with van der Waals surface area (Å²) in [6.07, 6.45) is 2.32. The normalized spacial score (nSPS) is 9.90. The summed E-state index contributed by atoms with van der Waals surface area (Å²) in [6.45, 7) is -0.648. The standard InChI is InChI=1S/C15H13NO5/c17-8-11-3-5-12(6-4-11)20-10-15(19)21-9-14(18)13-2-1-7-16-13/h1-8,16H,9-10H2. The van der Waals surface area contributed by atoms with E-state index in [-0.39, 0.29) is 19.0 Å². The molecule has 1 aromatic carbocycles. The zero-order valence-corrected chi connectivity index (χ0v) is 11.1. The third-order valence-corrected chi connectivity index (χ3v) is 2.64. The van der Waals surface area contributed by atoms with Gasteiger partial charge in [0.1, 0.15) is 12.0 Å². The lowest BCUT2D eigenvalue weighted by molar-refractivity contribution is -0.144. The van der Waals surface area contributed by atoms with Crippen LogP contribution in [0.1, 0.15) is 20.8 Å². The first-order valence-corrected chi connectivity index (χ1v) is 6.19. The fraction of sp³-hybridized carbons (Fsp3) is 0.133. The maximum Gasteiger partial charge on any atom is 0.344 e. The van der Waals surface area contributed by atoms with E-state index in [1.54, 1.807) is 42.6 Å². The predicted molar refractivity (Wildman–Crippen MR) is 73.4 cm³/mol. The number of nitrogens with one attached hydrogen (secondary N) is 1. The van der Waals surface area contributed by atoms with Crippen LogP contribution in [0.3, 0.4) is 0 Å². The van der Waals surface area contributed by atoms with Gasteiger partial charge >= 0.3 is 5.97 Å². The van der Waals surface area contributed by atoms with Crippen LogP contribution in [0.2, 0.25) is 0 Å². The second-order valence-electron chi connectivity index (χ2n) is 4.14. The van der Waals surface area contributed by atoms with E-state index in [1.807, 2.05) is 0 Å². The molecule has 0 amide bonds. The van der Waals surface area contributed by atoms with Gasteiger partial charge in [-0.2, -0.15) is 0 Å². The van der Waals surface area contributed by atoms with Crippen LogP contribution in [0.4, 0.5) is 0 Å². The molecule has 0 aliphatic heterocycles. The highest BCUT2D eigenvalue weighted by Crippen LogP contribution is 2.10. The Kier molecular flexibility index (Phi) is 4.87. The molecule has 21 heavy (non-hydrogen) atoms. The number of aromatic amines is 1. The number of rotatable bonds is 7. The Bertz CT molecular complexity index is 616. The van der Waals surface area contributed by atoms with E-state index in [4.69, 9.17) is 9.47 Å². The summed E-state index contributed by atoms with van der Waals surface area (Å²) >= 11 is 0. The molecule has 0 aliphatic carbocycles. The number of aldehydes is 1. The first-order valence-electron chi connectivity index (χ1n) is 6.19. The number of Topliss-reactive ketones (excluding diaryl/α,β-unsaturated/α-hetero) is 1. The highest BCUT2D eigenvalue weighted by molar-refractivity contribution is 5.96. The second kappa shape index (κ2) is 7.04. The maximum atomic E-state index is 11.6. The van der Waals surface area contributed by atoms with Crippen molar-refractivity contribution in [1.29, 1.82) is 0 Å². The lowest BCUT2D eigenvalue weighted by Crippen LogP contribution is -2.19. The number of H-pyrrole nitrogens is 1. The summed E-state index contributed by atoms with van der Waals surface area (Å²) < 4.78 is 9.99. The molecule has 1 heterocycles. The SMILES string of the molecule is O=Cc1ccc(OCC(=O)OCC(=O)c2ccc[nH]2)cc1. The van der Waals surface area contributed by atoms with Crippen LogP contribution in [0, 0.1) is 0 Å². The minimum Gasteiger partial charge on any atom is -0.482 e. The van der Waals surface area contributed by atoms with Crippen molar-refractivity contribution >= 4 is 18.0 Å². The van der Waals surface area contributed by atoms with E-state index in [1.165, 1.54) is 0 Å². The average molecular weight is 287 g/mol. The highest BCUT2D eigenvalue weighted by Gasteiger charge is 2.11. The minimum absolute atomic E-state index is 0.307. The van der Waals surface area contributed by atoms with Crippen LogP contribution in [-0.2, 0) is 9.53 Å². The first-order chi connectivity index (χ1) is 10.2. The lowest BCUT2D eigenvalue weighted by atomic mass is 10.2. The summed E-state index contributed by atoms with van der Waals surface area (Å²) in [6, 6.07) is 9.56. The predicted octanol–water partition coefficient (Wildman–Crippen LogP) is 1.63. The minimum atomic E-state index is -0.644. The summed E-state index contributed by atoms with van der Waals surface area (Å²) in [5.74, 6) is -0.522. The quantitative estimate of drug-likeness (QED) is 0.475. The van der Waals surface area contributed by atoms with Gasteiger partial charge in [0, 0.05) is 11.8 Å². The Labute approximate surface area is 120 Å². The zero-order chi connectivity index (χ0) is 15.1. The van der Waals surface area contributed by atoms with Gasteiger partial charge in [-0.1, -0.05) is 0 Å². The number of esters is 1. The lowest BCUT2D eigenvalue weighted by Gasteiger charge is -2.06. The van der Waals surface area contributed by atoms with Gasteiger partial charge in [0.25, 0.3) is 0 Å². The van der Waals surface area contributed by atoms with Crippen LogP contribution in [-0.4, -0.2) is 36.2 Å². The molecule has 1 aromatic heterocycles. The van der Waals surface area contributed by atoms with E-state index in [2.05, 4.69) is 4.98 Å². The molecule has 0 saturated carbocycles. The molecule has 108 valence electrons. The Morgan fingerprint density at radius 1 is 1.10 bits per heavy atom. The van der Waals surface area contributed by atoms with Crippen molar-refractivity contribution in [3.8, 4) is 5.75 Å². The number of ether oxygens (including phenoxy) is 2. The molecule has 0 radical (unpaired) electrons. The van der Waals surface area contributed by atoms with Crippen LogP contribution in [0.5, 0.6) is 5.75 Å². The molecular formula is C15H13NO5. The van der Waals surface area contributed by atoms with E-state index >= 15 is 0 Å². The van der Waals surface area contributed by atoms with Crippen molar-refractivity contribution in [1.82, 2.24) is 4.98 Å². The molecule has 6 nitrogen and oxygen atoms in total. The number of carbonyl (C=O) groups excluding carboxylic acids is 3. The molecule has 0 saturated heterocycles. The summed E-state index contributed by atoms with van der Waals surface area (Å²) in [5, 5.41) is 0. The van der Waals surface area contributed by atoms with Crippen LogP contribution >= 0.6 is 0 Å². The Morgan fingerprint density at radius 2 is 1.86 bits per heavy atom. The Hall–Kier alpha value is -2.89. The van der Waals surface area contributed by atoms with Gasteiger partial charge in [-0.15, -0.1) is 0 Å². The van der Waals surface area contributed by atoms with E-state index in [0.29, 0.717) is 23.3 Å². The molecule has 2 aromatic rings. The molecule has 6 heteroatoms. The number of ketones is 1. The fourth-order valence-corrected chi connectivity index (χ4v) is 1.55. The zero-order valence-electron chi connectivity index (χ0n) is 11.1. The van der Waals surface area contributed by atoms with Crippen molar-refractivity contribution in [3.05, 3.63) is 53.9 Å². The molecule has 1 N–H and O–H groups in total. The van der Waals surface area contributed by atoms with Crippen LogP contribution in [0.15, 0.2) is 42.6 Å². The number of hydrogen-bond donors (Lipinski definition) is 1. The van der Waals surface area contributed by atoms with Crippen molar-refractivity contribution in [2.45, 2.75) is 0 Å². The summed E-state index contributed by atoms with van der Waals surface area (Å²) in [5.41, 5.74) is 0.898. The second-order valence-corrected chi connectivity index (χ2v) is 4.14. The molecule has 0 spiro atoms. The van der Waals surface area contributed by atoms with Crippen LogP contribution in [0.25, 0.3) is 0 Å². The van der Waals surface area contributed by atoms with Crippen LogP contribution < -0.4 is 4.74 Å². The van der Waals surface area contributed by atoms with Crippen molar-refractivity contribution < 1.29 is 23.9 Å². The fourth-order valence-electron chi connectivity index (χ4n) is 1.55. The number of carbonyl (C=O) groups is 3. The highest BCUT2D eigenvalue weighted by atomic mass is 16.6. The van der Waals surface area contributed by atoms with Crippen molar-refractivity contribution in [2.75, 3.05) is 13.2 Å². The first kappa shape index (κ1) is 14.5. The van der Waals surface area contributed by atoms with Gasteiger partial charge in [-0.25, -0.2) is 4.79 Å². The van der Waals surface area contributed by atoms with E-state index in [9.17, 15) is 14.4 Å². The summed E-state index contributed by atoms with van der Waals surface area (Å²) in [4.78, 5) is 36.2. The number of hydrogen-bond acceptors (Lipinski definition) is 5. The smallest absolute Gasteiger partial charge is 0.344 e. The molecule has 0 bridgehead atoms. The Balaban J connectivity index is 1.74. The molecule has 0 aliphatic rings. The third kappa shape index (κ3) is 4.31. The van der Waals surface area contributed by atoms with Gasteiger partial charge in [0.15, 0.2) is 13.2 Å². The van der Waals surface area contributed by atoms with E-state index < -0.39 is 5.97 Å². The molecular weight excluding hydrogens is 274 g/mol. The summed E-state index contributed by atoms with van der Waals surface area (Å²) in [7, 11) is 0. The van der Waals surface area contributed by atoms with Gasteiger partial charge in [-0.05, 0) is 36.4 Å². The van der Waals surface area contributed by atoms with Gasteiger partial charge in [0.05, 0.1) is 5.69 Å². The topological polar surface area (TPSA) is 85.5 Å². The maximum absolute atomic E-state index is 11.6. The van der Waals surface area contributed by atoms with E-state index in [0.717, 1.165) is 0 Å². The third-order valence-electron chi connectivity index (χ3n) is 2.64. The molecule has 2 rings (SSSR count). The van der Waals surface area contributed by atoms with Gasteiger partial charge < -0.3 is 14.5 Å². The molecule has 0 atom stereocenters. The number of aromatic nitrogens is 1. The van der Waals surface area contributed by atoms with Gasteiger partial charge in [0.2, 0.25) is 5.78 Å². The van der Waals surface area contributed by atoms with Crippen molar-refractivity contribution in [3.63, 3.8) is 0 Å². The molecule has 0 unspecified atom stereocenters. The van der Waals surface area contributed by atoms with Gasteiger partial charge in [-0.3, -0.25) is 9.59 Å². The van der Waals surface area contributed by atoms with Crippen molar-refractivity contribution in [2.24, 2.45) is 0 Å². The largest absolute Gasteiger partial charge is 0.482 e. The number of benzene rings is 1. The Morgan fingerprint density at radius 3 is 2.48 bits per heavy atom. The molecule has 0 fully saturated rings.